The highest BCUT2D eigenvalue weighted by atomic mass is 16.5. The van der Waals surface area contributed by atoms with Gasteiger partial charge in [-0.05, 0) is 37.1 Å². The van der Waals surface area contributed by atoms with E-state index in [1.807, 2.05) is 24.4 Å². The molecule has 32 heavy (non-hydrogen) atoms. The lowest BCUT2D eigenvalue weighted by atomic mass is 10.1. The highest BCUT2D eigenvalue weighted by Crippen LogP contribution is 2.28. The molecule has 0 spiro atoms. The summed E-state index contributed by atoms with van der Waals surface area (Å²) in [5.74, 6) is 1.50. The lowest BCUT2D eigenvalue weighted by molar-refractivity contribution is -0.127. The summed E-state index contributed by atoms with van der Waals surface area (Å²) in [5, 5.41) is 7.85. The highest BCUT2D eigenvalue weighted by Gasteiger charge is 2.11. The van der Waals surface area contributed by atoms with Crippen LogP contribution in [0.5, 0.6) is 5.75 Å². The average molecular weight is 445 g/mol. The molecule has 1 fully saturated rings. The first kappa shape index (κ1) is 23.9. The molecule has 1 aliphatic heterocycles. The molecule has 0 bridgehead atoms. The molecular formula is C23H36N6O3. The SMILES string of the molecule is COc1cccc2[nH]cc(CCNC(=NCC(=O)N(C)C)NCCCN3CCOCC3)c12. The van der Waals surface area contributed by atoms with Crippen LogP contribution in [0.4, 0.5) is 0 Å². The van der Waals surface area contributed by atoms with Crippen molar-refractivity contribution < 1.29 is 14.3 Å². The quantitative estimate of drug-likeness (QED) is 0.288. The van der Waals surface area contributed by atoms with Gasteiger partial charge in [0.05, 0.1) is 20.3 Å². The van der Waals surface area contributed by atoms with Crippen LogP contribution in [0.2, 0.25) is 0 Å². The zero-order valence-corrected chi connectivity index (χ0v) is 19.4. The van der Waals surface area contributed by atoms with E-state index < -0.39 is 0 Å². The number of likely N-dealkylation sites (N-methyl/N-ethyl adjacent to an activating group) is 1. The summed E-state index contributed by atoms with van der Waals surface area (Å²) in [5.41, 5.74) is 2.24. The van der Waals surface area contributed by atoms with Gasteiger partial charge in [-0.3, -0.25) is 9.69 Å². The predicted molar refractivity (Wildman–Crippen MR) is 127 cm³/mol. The number of morpholine rings is 1. The maximum Gasteiger partial charge on any atom is 0.243 e. The highest BCUT2D eigenvalue weighted by molar-refractivity contribution is 5.89. The van der Waals surface area contributed by atoms with E-state index in [-0.39, 0.29) is 12.5 Å². The van der Waals surface area contributed by atoms with Crippen molar-refractivity contribution in [2.24, 2.45) is 4.99 Å². The first-order chi connectivity index (χ1) is 15.6. The number of aromatic nitrogens is 1. The van der Waals surface area contributed by atoms with Crippen molar-refractivity contribution in [1.82, 2.24) is 25.4 Å². The number of aromatic amines is 1. The van der Waals surface area contributed by atoms with Crippen molar-refractivity contribution in [2.45, 2.75) is 12.8 Å². The minimum atomic E-state index is -0.0271. The van der Waals surface area contributed by atoms with Crippen LogP contribution >= 0.6 is 0 Å². The fourth-order valence-electron chi connectivity index (χ4n) is 3.70. The molecular weight excluding hydrogens is 408 g/mol. The van der Waals surface area contributed by atoms with Gasteiger partial charge in [0.1, 0.15) is 12.3 Å². The van der Waals surface area contributed by atoms with Crippen LogP contribution in [0.3, 0.4) is 0 Å². The normalized spacial score (nSPS) is 15.0. The number of hydrogen-bond donors (Lipinski definition) is 3. The fourth-order valence-corrected chi connectivity index (χ4v) is 3.70. The molecule has 2 aromatic rings. The van der Waals surface area contributed by atoms with Gasteiger partial charge in [-0.15, -0.1) is 0 Å². The molecule has 3 N–H and O–H groups in total. The zero-order chi connectivity index (χ0) is 22.8. The van der Waals surface area contributed by atoms with Gasteiger partial charge in [-0.2, -0.15) is 0 Å². The van der Waals surface area contributed by atoms with Gasteiger partial charge in [-0.25, -0.2) is 4.99 Å². The van der Waals surface area contributed by atoms with Gasteiger partial charge in [0.15, 0.2) is 5.96 Å². The smallest absolute Gasteiger partial charge is 0.243 e. The molecule has 176 valence electrons. The Hall–Kier alpha value is -2.78. The van der Waals surface area contributed by atoms with E-state index >= 15 is 0 Å². The minimum absolute atomic E-state index is 0.0271. The molecule has 3 rings (SSSR count). The largest absolute Gasteiger partial charge is 0.496 e. The van der Waals surface area contributed by atoms with Crippen LogP contribution in [0.1, 0.15) is 12.0 Å². The van der Waals surface area contributed by atoms with Crippen LogP contribution in [0, 0.1) is 0 Å². The second kappa shape index (κ2) is 12.3. The van der Waals surface area contributed by atoms with E-state index in [1.165, 1.54) is 5.56 Å². The maximum atomic E-state index is 12.0. The topological polar surface area (TPSA) is 94.2 Å². The summed E-state index contributed by atoms with van der Waals surface area (Å²) in [7, 11) is 5.17. The Labute approximate surface area is 190 Å². The summed E-state index contributed by atoms with van der Waals surface area (Å²) in [6, 6.07) is 6.00. The van der Waals surface area contributed by atoms with Crippen molar-refractivity contribution in [3.8, 4) is 5.75 Å². The monoisotopic (exact) mass is 444 g/mol. The van der Waals surface area contributed by atoms with Gasteiger partial charge in [0, 0.05) is 57.4 Å². The van der Waals surface area contributed by atoms with Gasteiger partial charge in [0.2, 0.25) is 5.91 Å². The van der Waals surface area contributed by atoms with Crippen LogP contribution in [-0.4, -0.2) is 100 Å². The third-order valence-corrected chi connectivity index (χ3v) is 5.57. The van der Waals surface area contributed by atoms with E-state index in [1.54, 1.807) is 26.1 Å². The number of H-pyrrole nitrogens is 1. The summed E-state index contributed by atoms with van der Waals surface area (Å²) in [6.45, 7) is 6.23. The fraction of sp³-hybridized carbons (Fsp3) is 0.565. The van der Waals surface area contributed by atoms with Crippen molar-refractivity contribution in [3.05, 3.63) is 30.0 Å². The second-order valence-corrected chi connectivity index (χ2v) is 8.06. The van der Waals surface area contributed by atoms with Crippen LogP contribution in [0.15, 0.2) is 29.4 Å². The number of hydrogen-bond acceptors (Lipinski definition) is 5. The van der Waals surface area contributed by atoms with E-state index in [0.717, 1.165) is 68.9 Å². The minimum Gasteiger partial charge on any atom is -0.496 e. The molecule has 9 nitrogen and oxygen atoms in total. The number of fused-ring (bicyclic) bond motifs is 1. The van der Waals surface area contributed by atoms with Gasteiger partial charge >= 0.3 is 0 Å². The summed E-state index contributed by atoms with van der Waals surface area (Å²) in [4.78, 5) is 23.7. The average Bonchev–Trinajstić information content (AvgIpc) is 3.23. The Morgan fingerprint density at radius 2 is 2.03 bits per heavy atom. The van der Waals surface area contributed by atoms with Crippen LogP contribution in [-0.2, 0) is 16.0 Å². The van der Waals surface area contributed by atoms with Crippen molar-refractivity contribution in [3.63, 3.8) is 0 Å². The lowest BCUT2D eigenvalue weighted by Gasteiger charge is -2.26. The summed E-state index contributed by atoms with van der Waals surface area (Å²) >= 11 is 0. The molecule has 2 heterocycles. The molecule has 1 amide bonds. The first-order valence-corrected chi connectivity index (χ1v) is 11.2. The van der Waals surface area contributed by atoms with E-state index in [9.17, 15) is 4.79 Å². The predicted octanol–water partition coefficient (Wildman–Crippen LogP) is 1.06. The first-order valence-electron chi connectivity index (χ1n) is 11.2. The zero-order valence-electron chi connectivity index (χ0n) is 19.4. The Bertz CT molecular complexity index is 889. The number of nitrogens with zero attached hydrogens (tertiary/aromatic N) is 3. The number of amides is 1. The Kier molecular flexibility index (Phi) is 9.18. The Morgan fingerprint density at radius 1 is 1.25 bits per heavy atom. The number of aliphatic imine (C=N–C) groups is 1. The van der Waals surface area contributed by atoms with Gasteiger partial charge in [0.25, 0.3) is 0 Å². The second-order valence-electron chi connectivity index (χ2n) is 8.06. The van der Waals surface area contributed by atoms with E-state index in [2.05, 4.69) is 25.5 Å². The number of ether oxygens (including phenoxy) is 2. The lowest BCUT2D eigenvalue weighted by Crippen LogP contribution is -2.41. The van der Waals surface area contributed by atoms with Gasteiger partial charge in [-0.1, -0.05) is 6.07 Å². The third kappa shape index (κ3) is 6.86. The number of nitrogens with one attached hydrogen (secondary N) is 3. The molecule has 9 heteroatoms. The number of rotatable bonds is 10. The number of carbonyl (C=O) groups excluding carboxylic acids is 1. The molecule has 0 radical (unpaired) electrons. The van der Waals surface area contributed by atoms with Crippen molar-refractivity contribution in [1.29, 1.82) is 0 Å². The molecule has 0 atom stereocenters. The van der Waals surface area contributed by atoms with Gasteiger partial charge < -0.3 is 30.0 Å². The Morgan fingerprint density at radius 3 is 2.78 bits per heavy atom. The number of methoxy groups -OCH3 is 1. The standard InChI is InChI=1S/C23H36N6O3/c1-28(2)21(30)17-27-23(24-9-5-11-29-12-14-32-15-13-29)25-10-8-18-16-26-19-6-4-7-20(31-3)22(18)19/h4,6-7,16,26H,5,8-15,17H2,1-3H3,(H2,24,25,27). The van der Waals surface area contributed by atoms with Crippen molar-refractivity contribution in [2.75, 3.05) is 73.7 Å². The van der Waals surface area contributed by atoms with E-state index in [0.29, 0.717) is 12.5 Å². The molecule has 1 aromatic carbocycles. The molecule has 1 aromatic heterocycles. The molecule has 0 aliphatic carbocycles. The molecule has 0 saturated carbocycles. The Balaban J connectivity index is 1.53. The number of benzene rings is 1. The van der Waals surface area contributed by atoms with Crippen molar-refractivity contribution >= 4 is 22.8 Å². The maximum absolute atomic E-state index is 12.0. The number of guanidine groups is 1. The summed E-state index contributed by atoms with van der Waals surface area (Å²) < 4.78 is 10.9. The summed E-state index contributed by atoms with van der Waals surface area (Å²) in [6.07, 6.45) is 3.83. The van der Waals surface area contributed by atoms with Crippen LogP contribution < -0.4 is 15.4 Å². The molecule has 0 unspecified atom stereocenters. The van der Waals surface area contributed by atoms with Crippen LogP contribution in [0.25, 0.3) is 10.9 Å². The molecule has 1 aliphatic rings. The number of carbonyl (C=O) groups is 1. The molecule has 1 saturated heterocycles. The third-order valence-electron chi connectivity index (χ3n) is 5.57. The van der Waals surface area contributed by atoms with E-state index in [4.69, 9.17) is 9.47 Å².